The van der Waals surface area contributed by atoms with Gasteiger partial charge >= 0.3 is 0 Å². The normalized spacial score (nSPS) is 14.5. The van der Waals surface area contributed by atoms with Crippen molar-refractivity contribution in [1.82, 2.24) is 4.98 Å². The summed E-state index contributed by atoms with van der Waals surface area (Å²) in [6, 6.07) is 15.8. The summed E-state index contributed by atoms with van der Waals surface area (Å²) in [6.07, 6.45) is 0. The van der Waals surface area contributed by atoms with E-state index < -0.39 is 0 Å². The Labute approximate surface area is 295 Å². The summed E-state index contributed by atoms with van der Waals surface area (Å²) < 4.78 is 0. The van der Waals surface area contributed by atoms with Crippen molar-refractivity contribution in [1.29, 1.82) is 0 Å². The summed E-state index contributed by atoms with van der Waals surface area (Å²) in [7, 11) is 0. The Morgan fingerprint density at radius 1 is 0.417 bits per heavy atom. The molecule has 0 aliphatic rings. The fraction of sp³-hybridized carbons (Fsp3) is 0.578. The van der Waals surface area contributed by atoms with Crippen molar-refractivity contribution in [2.24, 2.45) is 9.98 Å². The minimum absolute atomic E-state index is 0.0385. The summed E-state index contributed by atoms with van der Waals surface area (Å²) in [6.45, 7) is 45.5. The van der Waals surface area contributed by atoms with E-state index in [0.29, 0.717) is 0 Å². The number of rotatable bonds is 4. The highest BCUT2D eigenvalue weighted by atomic mass is 14.8. The Balaban J connectivity index is 2.29. The molecule has 48 heavy (non-hydrogen) atoms. The molecule has 0 unspecified atom stereocenters. The smallest absolute Gasteiger partial charge is 0.0849 e. The van der Waals surface area contributed by atoms with E-state index in [1.165, 1.54) is 33.4 Å². The van der Waals surface area contributed by atoms with Gasteiger partial charge in [0.1, 0.15) is 0 Å². The topological polar surface area (TPSA) is 37.6 Å². The lowest BCUT2D eigenvalue weighted by Gasteiger charge is -2.32. The molecule has 0 N–H and O–H groups in total. The van der Waals surface area contributed by atoms with Crippen LogP contribution in [0.25, 0.3) is 0 Å². The van der Waals surface area contributed by atoms with E-state index in [0.717, 1.165) is 34.2 Å². The van der Waals surface area contributed by atoms with Gasteiger partial charge in [-0.05, 0) is 91.9 Å². The van der Waals surface area contributed by atoms with Gasteiger partial charge in [-0.2, -0.15) is 0 Å². The quantitative estimate of drug-likeness (QED) is 0.259. The number of hydrogen-bond acceptors (Lipinski definition) is 3. The summed E-state index contributed by atoms with van der Waals surface area (Å²) in [5.41, 5.74) is 13.3. The Kier molecular flexibility index (Phi) is 10.7. The van der Waals surface area contributed by atoms with Crippen LogP contribution >= 0.6 is 0 Å². The molecule has 0 bridgehead atoms. The van der Waals surface area contributed by atoms with Crippen molar-refractivity contribution in [3.8, 4) is 0 Å². The van der Waals surface area contributed by atoms with Gasteiger partial charge in [-0.1, -0.05) is 155 Å². The maximum absolute atomic E-state index is 5.41. The van der Waals surface area contributed by atoms with Crippen molar-refractivity contribution in [3.63, 3.8) is 0 Å². The fourth-order valence-corrected chi connectivity index (χ4v) is 5.95. The second-order valence-corrected chi connectivity index (χ2v) is 20.1. The van der Waals surface area contributed by atoms with Crippen molar-refractivity contribution >= 4 is 22.8 Å². The average molecular weight is 650 g/mol. The molecule has 0 saturated carbocycles. The Bertz CT molecular complexity index is 1510. The number of aliphatic imine (C=N–C) groups is 2. The van der Waals surface area contributed by atoms with Crippen LogP contribution in [0.5, 0.6) is 0 Å². The fourth-order valence-electron chi connectivity index (χ4n) is 5.95. The molecule has 3 nitrogen and oxygen atoms in total. The molecule has 262 valence electrons. The average Bonchev–Trinajstić information content (AvgIpc) is 2.89. The van der Waals surface area contributed by atoms with Crippen LogP contribution in [0.3, 0.4) is 0 Å². The molecule has 0 aliphatic carbocycles. The van der Waals surface area contributed by atoms with E-state index in [2.05, 4.69) is 181 Å². The number of aromatic nitrogens is 1. The van der Waals surface area contributed by atoms with Crippen LogP contribution in [-0.2, 0) is 32.5 Å². The molecule has 0 aliphatic heterocycles. The molecule has 2 aromatic carbocycles. The van der Waals surface area contributed by atoms with E-state index in [4.69, 9.17) is 15.0 Å². The van der Waals surface area contributed by atoms with Gasteiger partial charge in [-0.25, -0.2) is 4.98 Å². The Morgan fingerprint density at radius 3 is 0.875 bits per heavy atom. The molecule has 3 heteroatoms. The van der Waals surface area contributed by atoms with E-state index in [1.54, 1.807) is 0 Å². The predicted molar refractivity (Wildman–Crippen MR) is 213 cm³/mol. The van der Waals surface area contributed by atoms with Crippen molar-refractivity contribution in [2.75, 3.05) is 0 Å². The minimum Gasteiger partial charge on any atom is -0.251 e. The van der Waals surface area contributed by atoms with Crippen molar-refractivity contribution < 1.29 is 0 Å². The zero-order chi connectivity index (χ0) is 37.0. The van der Waals surface area contributed by atoms with Crippen LogP contribution in [0.2, 0.25) is 0 Å². The lowest BCUT2D eigenvalue weighted by atomic mass is 9.74. The third kappa shape index (κ3) is 9.13. The standard InChI is InChI=1S/C45H67N3/c1-28(46-38-32(42(9,10)11)24-30(40(3,4)5)25-33(38)43(12,13)14)36-22-21-23-37(48-36)29(2)47-39-34(44(15,16)17)26-31(41(6,7)8)27-35(39)45(18,19)20/h21-27H,1-20H3/b46-28+,47-29+. The van der Waals surface area contributed by atoms with Gasteiger partial charge in [0.05, 0.1) is 34.2 Å². The third-order valence-electron chi connectivity index (χ3n) is 9.23. The van der Waals surface area contributed by atoms with Crippen LogP contribution in [0.15, 0.2) is 52.4 Å². The first kappa shape index (κ1) is 39.4. The largest absolute Gasteiger partial charge is 0.251 e. The Hall–Kier alpha value is -3.07. The van der Waals surface area contributed by atoms with Gasteiger partial charge < -0.3 is 0 Å². The number of benzene rings is 2. The van der Waals surface area contributed by atoms with Gasteiger partial charge in [-0.3, -0.25) is 9.98 Å². The second-order valence-electron chi connectivity index (χ2n) is 20.1. The van der Waals surface area contributed by atoms with Gasteiger partial charge in [0.2, 0.25) is 0 Å². The highest BCUT2D eigenvalue weighted by molar-refractivity contribution is 6.02. The molecule has 0 radical (unpaired) electrons. The first-order valence-electron chi connectivity index (χ1n) is 17.9. The lowest BCUT2D eigenvalue weighted by molar-refractivity contribution is 0.549. The highest BCUT2D eigenvalue weighted by Gasteiger charge is 2.31. The van der Waals surface area contributed by atoms with Gasteiger partial charge in [0.25, 0.3) is 0 Å². The van der Waals surface area contributed by atoms with Crippen LogP contribution in [0, 0.1) is 0 Å². The zero-order valence-corrected chi connectivity index (χ0v) is 34.4. The molecule has 3 rings (SSSR count). The van der Waals surface area contributed by atoms with Crippen LogP contribution in [0.4, 0.5) is 11.4 Å². The molecule has 0 atom stereocenters. The molecule has 0 fully saturated rings. The highest BCUT2D eigenvalue weighted by Crippen LogP contribution is 2.45. The van der Waals surface area contributed by atoms with E-state index in [9.17, 15) is 0 Å². The van der Waals surface area contributed by atoms with Gasteiger partial charge in [0.15, 0.2) is 0 Å². The maximum atomic E-state index is 5.41. The SMILES string of the molecule is C/C(=N\c1c(C(C)(C)C)cc(C(C)(C)C)cc1C(C)(C)C)c1cccc(/C(C)=N/c2c(C(C)(C)C)cc(C(C)(C)C)cc2C(C)(C)C)n1. The first-order valence-corrected chi connectivity index (χ1v) is 17.9. The lowest BCUT2D eigenvalue weighted by Crippen LogP contribution is -2.21. The third-order valence-corrected chi connectivity index (χ3v) is 9.23. The first-order chi connectivity index (χ1) is 21.4. The van der Waals surface area contributed by atoms with Crippen molar-refractivity contribution in [3.05, 3.63) is 87.2 Å². The van der Waals surface area contributed by atoms with Gasteiger partial charge in [-0.15, -0.1) is 0 Å². The second kappa shape index (κ2) is 13.0. The summed E-state index contributed by atoms with van der Waals surface area (Å²) in [5.74, 6) is 0. The Morgan fingerprint density at radius 2 is 0.667 bits per heavy atom. The van der Waals surface area contributed by atoms with Crippen molar-refractivity contribution in [2.45, 2.75) is 171 Å². The monoisotopic (exact) mass is 650 g/mol. The van der Waals surface area contributed by atoms with E-state index in [1.807, 2.05) is 0 Å². The minimum atomic E-state index is -0.0725. The molecule has 3 aromatic rings. The zero-order valence-electron chi connectivity index (χ0n) is 34.4. The molecule has 0 spiro atoms. The number of hydrogen-bond donors (Lipinski definition) is 0. The van der Waals surface area contributed by atoms with Crippen LogP contribution in [-0.4, -0.2) is 16.4 Å². The van der Waals surface area contributed by atoms with E-state index >= 15 is 0 Å². The van der Waals surface area contributed by atoms with Crippen LogP contribution in [0.1, 0.15) is 183 Å². The summed E-state index contributed by atoms with van der Waals surface area (Å²) >= 11 is 0. The molecular weight excluding hydrogens is 583 g/mol. The molecule has 1 heterocycles. The molecule has 0 saturated heterocycles. The van der Waals surface area contributed by atoms with E-state index in [-0.39, 0.29) is 32.5 Å². The van der Waals surface area contributed by atoms with Gasteiger partial charge in [0, 0.05) is 0 Å². The number of nitrogens with zero attached hydrogens (tertiary/aromatic N) is 3. The summed E-state index contributed by atoms with van der Waals surface area (Å²) in [5, 5.41) is 0. The molecule has 0 amide bonds. The predicted octanol–water partition coefficient (Wildman–Crippen LogP) is 13.1. The maximum Gasteiger partial charge on any atom is 0.0849 e. The van der Waals surface area contributed by atoms with Crippen LogP contribution < -0.4 is 0 Å². The molecular formula is C45H67N3. The molecule has 1 aromatic heterocycles. The summed E-state index contributed by atoms with van der Waals surface area (Å²) in [4.78, 5) is 16.0. The number of pyridine rings is 1.